The van der Waals surface area contributed by atoms with Crippen LogP contribution in [0.3, 0.4) is 0 Å². The van der Waals surface area contributed by atoms with Gasteiger partial charge in [0.15, 0.2) is 0 Å². The lowest BCUT2D eigenvalue weighted by atomic mass is 10.2. The zero-order chi connectivity index (χ0) is 17.0. The summed E-state index contributed by atoms with van der Waals surface area (Å²) in [5.74, 6) is -1.25. The number of rotatable bonds is 4. The van der Waals surface area contributed by atoms with Gasteiger partial charge >= 0.3 is 6.36 Å². The van der Waals surface area contributed by atoms with Crippen molar-refractivity contribution < 1.29 is 27.1 Å². The normalized spacial score (nSPS) is 11.2. The first-order chi connectivity index (χ1) is 10.7. The molecule has 2 aromatic carbocycles. The molecule has 0 aliphatic heterocycles. The number of hydrogen-bond donors (Lipinski definition) is 1. The van der Waals surface area contributed by atoms with Crippen LogP contribution in [0, 0.1) is 5.82 Å². The Balaban J connectivity index is 1.96. The number of nitrogens with one attached hydrogen (secondary N) is 1. The van der Waals surface area contributed by atoms with Crippen molar-refractivity contribution in [3.8, 4) is 5.75 Å². The van der Waals surface area contributed by atoms with Gasteiger partial charge in [-0.05, 0) is 51.8 Å². The molecule has 0 spiro atoms. The molecule has 0 aliphatic carbocycles. The predicted molar refractivity (Wildman–Crippen MR) is 78.4 cm³/mol. The topological polar surface area (TPSA) is 38.3 Å². The van der Waals surface area contributed by atoms with E-state index in [4.69, 9.17) is 0 Å². The van der Waals surface area contributed by atoms with E-state index in [1.165, 1.54) is 18.2 Å². The number of carbonyl (C=O) groups is 1. The van der Waals surface area contributed by atoms with E-state index in [1.807, 2.05) is 0 Å². The van der Waals surface area contributed by atoms with Crippen molar-refractivity contribution in [2.45, 2.75) is 12.9 Å². The third-order valence-corrected chi connectivity index (χ3v) is 3.44. The molecule has 1 N–H and O–H groups in total. The van der Waals surface area contributed by atoms with E-state index in [1.54, 1.807) is 0 Å². The summed E-state index contributed by atoms with van der Waals surface area (Å²) in [7, 11) is 0. The summed E-state index contributed by atoms with van der Waals surface area (Å²) in [6, 6.07) is 8.77. The minimum absolute atomic E-state index is 0.106. The number of halogens is 5. The summed E-state index contributed by atoms with van der Waals surface area (Å²) in [5.41, 5.74) is 0.842. The lowest BCUT2D eigenvalue weighted by Crippen LogP contribution is -2.23. The van der Waals surface area contributed by atoms with Crippen LogP contribution in [0.4, 0.5) is 17.6 Å². The summed E-state index contributed by atoms with van der Waals surface area (Å²) in [4.78, 5) is 12.0. The molecule has 0 saturated heterocycles. The summed E-state index contributed by atoms with van der Waals surface area (Å²) in [6.07, 6.45) is -4.75. The average molecular weight is 392 g/mol. The molecule has 0 saturated carbocycles. The van der Waals surface area contributed by atoms with Gasteiger partial charge in [0.25, 0.3) is 5.91 Å². The highest BCUT2D eigenvalue weighted by Gasteiger charge is 2.30. The minimum Gasteiger partial charge on any atom is -0.406 e. The molecule has 0 bridgehead atoms. The maximum atomic E-state index is 13.0. The van der Waals surface area contributed by atoms with Crippen LogP contribution in [-0.2, 0) is 6.54 Å². The van der Waals surface area contributed by atoms with Gasteiger partial charge in [0.05, 0.1) is 5.56 Å². The summed E-state index contributed by atoms with van der Waals surface area (Å²) >= 11 is 3.09. The second-order valence-electron chi connectivity index (χ2n) is 4.50. The first-order valence-corrected chi connectivity index (χ1v) is 7.12. The maximum Gasteiger partial charge on any atom is 0.573 e. The number of ether oxygens (including phenoxy) is 1. The van der Waals surface area contributed by atoms with E-state index in [0.717, 1.165) is 24.3 Å². The van der Waals surface area contributed by atoms with Gasteiger partial charge in [0, 0.05) is 11.0 Å². The molecule has 0 heterocycles. The monoisotopic (exact) mass is 391 g/mol. The highest BCUT2D eigenvalue weighted by atomic mass is 79.9. The fourth-order valence-electron chi connectivity index (χ4n) is 1.76. The van der Waals surface area contributed by atoms with Crippen LogP contribution in [0.5, 0.6) is 5.75 Å². The first kappa shape index (κ1) is 17.3. The number of amides is 1. The highest BCUT2D eigenvalue weighted by molar-refractivity contribution is 9.10. The van der Waals surface area contributed by atoms with E-state index >= 15 is 0 Å². The molecule has 23 heavy (non-hydrogen) atoms. The molecule has 2 aromatic rings. The fourth-order valence-corrected chi connectivity index (χ4v) is 2.29. The van der Waals surface area contributed by atoms with E-state index in [0.29, 0.717) is 10.0 Å². The molecule has 0 radical (unpaired) electrons. The van der Waals surface area contributed by atoms with Gasteiger partial charge in [-0.2, -0.15) is 0 Å². The van der Waals surface area contributed by atoms with Gasteiger partial charge in [0.2, 0.25) is 0 Å². The predicted octanol–water partition coefficient (Wildman–Crippen LogP) is 4.42. The van der Waals surface area contributed by atoms with Crippen LogP contribution < -0.4 is 10.1 Å². The molecule has 2 rings (SSSR count). The Morgan fingerprint density at radius 3 is 2.35 bits per heavy atom. The Bertz CT molecular complexity index is 702. The van der Waals surface area contributed by atoms with Gasteiger partial charge in [-0.25, -0.2) is 4.39 Å². The molecular formula is C15H10BrF4NO2. The molecule has 0 atom stereocenters. The van der Waals surface area contributed by atoms with E-state index in [-0.39, 0.29) is 17.9 Å². The second kappa shape index (κ2) is 6.99. The second-order valence-corrected chi connectivity index (χ2v) is 5.35. The van der Waals surface area contributed by atoms with Gasteiger partial charge in [-0.3, -0.25) is 4.79 Å². The Kier molecular flexibility index (Phi) is 5.25. The Labute approximate surface area is 137 Å². The SMILES string of the molecule is O=C(NCc1ccc(OC(F)(F)F)cc1)c1ccc(F)cc1Br. The van der Waals surface area contributed by atoms with Crippen molar-refractivity contribution in [2.75, 3.05) is 0 Å². The summed E-state index contributed by atoms with van der Waals surface area (Å²) in [6.45, 7) is 0.106. The zero-order valence-corrected chi connectivity index (χ0v) is 13.0. The largest absolute Gasteiger partial charge is 0.573 e. The molecule has 122 valence electrons. The summed E-state index contributed by atoms with van der Waals surface area (Å²) in [5, 5.41) is 2.59. The average Bonchev–Trinajstić information content (AvgIpc) is 2.44. The first-order valence-electron chi connectivity index (χ1n) is 6.32. The van der Waals surface area contributed by atoms with Crippen LogP contribution in [0.25, 0.3) is 0 Å². The van der Waals surface area contributed by atoms with Gasteiger partial charge in [-0.15, -0.1) is 13.2 Å². The quantitative estimate of drug-likeness (QED) is 0.783. The molecule has 8 heteroatoms. The molecule has 0 fully saturated rings. The molecule has 0 unspecified atom stereocenters. The van der Waals surface area contributed by atoms with Crippen molar-refractivity contribution in [3.63, 3.8) is 0 Å². The molecule has 0 aromatic heterocycles. The minimum atomic E-state index is -4.75. The standard InChI is InChI=1S/C15H10BrF4NO2/c16-13-7-10(17)3-6-12(13)14(22)21-8-9-1-4-11(5-2-9)23-15(18,19)20/h1-7H,8H2,(H,21,22). The van der Waals surface area contributed by atoms with Crippen molar-refractivity contribution in [1.29, 1.82) is 0 Å². The lowest BCUT2D eigenvalue weighted by Gasteiger charge is -2.10. The Morgan fingerprint density at radius 2 is 1.78 bits per heavy atom. The molecular weight excluding hydrogens is 382 g/mol. The third kappa shape index (κ3) is 5.24. The third-order valence-electron chi connectivity index (χ3n) is 2.79. The highest BCUT2D eigenvalue weighted by Crippen LogP contribution is 2.23. The fraction of sp³-hybridized carbons (Fsp3) is 0.133. The number of benzene rings is 2. The van der Waals surface area contributed by atoms with Crippen LogP contribution in [0.1, 0.15) is 15.9 Å². The van der Waals surface area contributed by atoms with E-state index in [2.05, 4.69) is 26.0 Å². The Hall–Kier alpha value is -2.09. The van der Waals surface area contributed by atoms with Crippen LogP contribution in [0.2, 0.25) is 0 Å². The van der Waals surface area contributed by atoms with Crippen molar-refractivity contribution in [1.82, 2.24) is 5.32 Å². The van der Waals surface area contributed by atoms with E-state index < -0.39 is 18.1 Å². The Morgan fingerprint density at radius 1 is 1.13 bits per heavy atom. The van der Waals surface area contributed by atoms with Crippen molar-refractivity contribution in [2.24, 2.45) is 0 Å². The summed E-state index contributed by atoms with van der Waals surface area (Å²) < 4.78 is 53.1. The number of hydrogen-bond acceptors (Lipinski definition) is 2. The van der Waals surface area contributed by atoms with Crippen molar-refractivity contribution >= 4 is 21.8 Å². The van der Waals surface area contributed by atoms with Crippen LogP contribution in [-0.4, -0.2) is 12.3 Å². The number of alkyl halides is 3. The zero-order valence-electron chi connectivity index (χ0n) is 11.5. The van der Waals surface area contributed by atoms with E-state index in [9.17, 15) is 22.4 Å². The van der Waals surface area contributed by atoms with Crippen LogP contribution >= 0.6 is 15.9 Å². The van der Waals surface area contributed by atoms with Crippen LogP contribution in [0.15, 0.2) is 46.9 Å². The number of carbonyl (C=O) groups excluding carboxylic acids is 1. The van der Waals surface area contributed by atoms with Gasteiger partial charge < -0.3 is 10.1 Å². The smallest absolute Gasteiger partial charge is 0.406 e. The molecule has 1 amide bonds. The van der Waals surface area contributed by atoms with Gasteiger partial charge in [0.1, 0.15) is 11.6 Å². The molecule has 3 nitrogen and oxygen atoms in total. The maximum absolute atomic E-state index is 13.0. The lowest BCUT2D eigenvalue weighted by molar-refractivity contribution is -0.274. The molecule has 0 aliphatic rings. The van der Waals surface area contributed by atoms with Gasteiger partial charge in [-0.1, -0.05) is 12.1 Å². The van der Waals surface area contributed by atoms with Crippen molar-refractivity contribution in [3.05, 3.63) is 63.9 Å².